The minimum Gasteiger partial charge on any atom is -0.373 e. The molecule has 1 aromatic rings. The van der Waals surface area contributed by atoms with Gasteiger partial charge in [-0.2, -0.15) is 0 Å². The number of amides is 1. The molecule has 1 rings (SSSR count). The Bertz CT molecular complexity index is 477. The van der Waals surface area contributed by atoms with Crippen LogP contribution < -0.4 is 16.0 Å². The van der Waals surface area contributed by atoms with E-state index >= 15 is 0 Å². The van der Waals surface area contributed by atoms with Crippen LogP contribution in [0.2, 0.25) is 0 Å². The molecule has 1 unspecified atom stereocenters. The summed E-state index contributed by atoms with van der Waals surface area (Å²) in [5.41, 5.74) is -0.0926. The number of carbonyl (C=O) groups is 1. The molecule has 0 aliphatic heterocycles. The number of rotatable bonds is 6. The van der Waals surface area contributed by atoms with E-state index in [2.05, 4.69) is 20.9 Å². The third-order valence-electron chi connectivity index (χ3n) is 2.39. The number of likely N-dealkylation sites (N-methyl/N-ethyl adjacent to an activating group) is 1. The fraction of sp³-hybridized carbons (Fsp3) is 0.455. The van der Waals surface area contributed by atoms with Gasteiger partial charge in [0.05, 0.1) is 17.1 Å². The molecule has 0 aliphatic rings. The van der Waals surface area contributed by atoms with E-state index in [1.165, 1.54) is 12.1 Å². The van der Waals surface area contributed by atoms with E-state index in [0.29, 0.717) is 12.4 Å². The van der Waals surface area contributed by atoms with Crippen molar-refractivity contribution in [3.05, 3.63) is 22.2 Å². The van der Waals surface area contributed by atoms with Crippen LogP contribution in [-0.2, 0) is 4.79 Å². The topological polar surface area (TPSA) is 109 Å². The highest BCUT2D eigenvalue weighted by Gasteiger charge is 2.15. The third-order valence-corrected chi connectivity index (χ3v) is 2.39. The fourth-order valence-electron chi connectivity index (χ4n) is 1.44. The molecule has 3 N–H and O–H groups in total. The molecule has 1 atom stereocenters. The summed E-state index contributed by atoms with van der Waals surface area (Å²) in [7, 11) is 1.61. The second kappa shape index (κ2) is 6.53. The molecule has 0 spiro atoms. The SMILES string of the molecule is CCNC(=O)C(C)Nc1cc([N+](=O)[O-])cc(NC)n1. The number of aromatic nitrogens is 1. The summed E-state index contributed by atoms with van der Waals surface area (Å²) in [6, 6.07) is 2.08. The number of hydrogen-bond donors (Lipinski definition) is 3. The normalized spacial score (nSPS) is 11.5. The summed E-state index contributed by atoms with van der Waals surface area (Å²) < 4.78 is 0. The number of nitrogens with one attached hydrogen (secondary N) is 3. The molecule has 0 bridgehead atoms. The zero-order valence-electron chi connectivity index (χ0n) is 11.1. The molecule has 104 valence electrons. The smallest absolute Gasteiger partial charge is 0.276 e. The van der Waals surface area contributed by atoms with Gasteiger partial charge < -0.3 is 16.0 Å². The highest BCUT2D eigenvalue weighted by molar-refractivity contribution is 5.84. The Hall–Kier alpha value is -2.38. The first kappa shape index (κ1) is 14.7. The number of pyridine rings is 1. The molecule has 8 nitrogen and oxygen atoms in total. The zero-order valence-corrected chi connectivity index (χ0v) is 11.1. The number of anilines is 2. The fourth-order valence-corrected chi connectivity index (χ4v) is 1.44. The van der Waals surface area contributed by atoms with Crippen LogP contribution in [0.5, 0.6) is 0 Å². The summed E-state index contributed by atoms with van der Waals surface area (Å²) in [6.07, 6.45) is 0. The van der Waals surface area contributed by atoms with Crippen LogP contribution >= 0.6 is 0 Å². The quantitative estimate of drug-likeness (QED) is 0.523. The van der Waals surface area contributed by atoms with E-state index in [-0.39, 0.29) is 17.4 Å². The van der Waals surface area contributed by atoms with Crippen LogP contribution in [0.15, 0.2) is 12.1 Å². The Labute approximate surface area is 110 Å². The summed E-state index contributed by atoms with van der Waals surface area (Å²) in [5, 5.41) is 19.0. The van der Waals surface area contributed by atoms with Gasteiger partial charge >= 0.3 is 0 Å². The number of nitrogens with zero attached hydrogens (tertiary/aromatic N) is 2. The molecule has 8 heteroatoms. The summed E-state index contributed by atoms with van der Waals surface area (Å²) in [5.74, 6) is 0.443. The monoisotopic (exact) mass is 267 g/mol. The molecule has 1 aromatic heterocycles. The molecule has 0 fully saturated rings. The second-order valence-electron chi connectivity index (χ2n) is 3.86. The van der Waals surface area contributed by atoms with Crippen molar-refractivity contribution in [1.82, 2.24) is 10.3 Å². The maximum atomic E-state index is 11.6. The molecule has 0 saturated heterocycles. The number of hydrogen-bond acceptors (Lipinski definition) is 6. The Morgan fingerprint density at radius 3 is 2.63 bits per heavy atom. The Balaban J connectivity index is 2.91. The van der Waals surface area contributed by atoms with E-state index < -0.39 is 11.0 Å². The van der Waals surface area contributed by atoms with E-state index in [4.69, 9.17) is 0 Å². The first-order valence-corrected chi connectivity index (χ1v) is 5.86. The van der Waals surface area contributed by atoms with E-state index in [9.17, 15) is 14.9 Å². The van der Waals surface area contributed by atoms with Gasteiger partial charge in [-0.05, 0) is 13.8 Å². The summed E-state index contributed by atoms with van der Waals surface area (Å²) in [6.45, 7) is 3.99. The largest absolute Gasteiger partial charge is 0.373 e. The molecule has 0 radical (unpaired) electrons. The van der Waals surface area contributed by atoms with Crippen LogP contribution in [0.3, 0.4) is 0 Å². The Morgan fingerprint density at radius 1 is 1.47 bits per heavy atom. The maximum absolute atomic E-state index is 11.6. The maximum Gasteiger partial charge on any atom is 0.276 e. The first-order valence-electron chi connectivity index (χ1n) is 5.86. The highest BCUT2D eigenvalue weighted by Crippen LogP contribution is 2.20. The predicted octanol–water partition coefficient (Wildman–Crippen LogP) is 0.968. The molecule has 1 amide bonds. The van der Waals surface area contributed by atoms with Gasteiger partial charge in [0.1, 0.15) is 17.7 Å². The molecule has 0 saturated carbocycles. The predicted molar refractivity (Wildman–Crippen MR) is 72.2 cm³/mol. The molecule has 1 heterocycles. The van der Waals surface area contributed by atoms with Crippen molar-refractivity contribution in [2.75, 3.05) is 24.2 Å². The first-order chi connectivity index (χ1) is 8.97. The van der Waals surface area contributed by atoms with E-state index in [1.54, 1.807) is 14.0 Å². The van der Waals surface area contributed by atoms with Gasteiger partial charge in [0, 0.05) is 13.6 Å². The van der Waals surface area contributed by atoms with Crippen molar-refractivity contribution in [3.8, 4) is 0 Å². The van der Waals surface area contributed by atoms with Gasteiger partial charge in [0.2, 0.25) is 5.91 Å². The summed E-state index contributed by atoms with van der Waals surface area (Å²) >= 11 is 0. The lowest BCUT2D eigenvalue weighted by Crippen LogP contribution is -2.37. The van der Waals surface area contributed by atoms with Crippen LogP contribution in [0.1, 0.15) is 13.8 Å². The minimum atomic E-state index is -0.529. The lowest BCUT2D eigenvalue weighted by atomic mass is 10.3. The lowest BCUT2D eigenvalue weighted by molar-refractivity contribution is -0.384. The van der Waals surface area contributed by atoms with Gasteiger partial charge in [-0.3, -0.25) is 14.9 Å². The second-order valence-corrected chi connectivity index (χ2v) is 3.86. The molecule has 19 heavy (non-hydrogen) atoms. The Morgan fingerprint density at radius 2 is 2.11 bits per heavy atom. The van der Waals surface area contributed by atoms with Crippen molar-refractivity contribution < 1.29 is 9.72 Å². The van der Waals surface area contributed by atoms with Gasteiger partial charge in [0.15, 0.2) is 0 Å². The van der Waals surface area contributed by atoms with Crippen molar-refractivity contribution in [1.29, 1.82) is 0 Å². The van der Waals surface area contributed by atoms with Crippen molar-refractivity contribution in [2.24, 2.45) is 0 Å². The molecule has 0 aliphatic carbocycles. The molecular formula is C11H17N5O3. The van der Waals surface area contributed by atoms with E-state index in [1.807, 2.05) is 6.92 Å². The minimum absolute atomic E-state index is 0.0926. The van der Waals surface area contributed by atoms with Crippen LogP contribution in [0, 0.1) is 10.1 Å². The Kier molecular flexibility index (Phi) is 5.04. The van der Waals surface area contributed by atoms with Gasteiger partial charge in [-0.1, -0.05) is 0 Å². The average Bonchev–Trinajstić information content (AvgIpc) is 2.38. The van der Waals surface area contributed by atoms with Gasteiger partial charge in [0.25, 0.3) is 5.69 Å². The van der Waals surface area contributed by atoms with Gasteiger partial charge in [-0.15, -0.1) is 0 Å². The lowest BCUT2D eigenvalue weighted by Gasteiger charge is -2.14. The zero-order chi connectivity index (χ0) is 14.4. The standard InChI is InChI=1S/C11H17N5O3/c1-4-13-11(17)7(2)14-10-6-8(16(18)19)5-9(12-3)15-10/h5-7H,4H2,1-3H3,(H,13,17)(H2,12,14,15). The van der Waals surface area contributed by atoms with Gasteiger partial charge in [-0.25, -0.2) is 4.98 Å². The van der Waals surface area contributed by atoms with Crippen molar-refractivity contribution in [2.45, 2.75) is 19.9 Å². The molecular weight excluding hydrogens is 250 g/mol. The van der Waals surface area contributed by atoms with Crippen LogP contribution in [-0.4, -0.2) is 35.4 Å². The highest BCUT2D eigenvalue weighted by atomic mass is 16.6. The number of nitro groups is 1. The molecule has 0 aromatic carbocycles. The van der Waals surface area contributed by atoms with Crippen LogP contribution in [0.4, 0.5) is 17.3 Å². The van der Waals surface area contributed by atoms with Crippen LogP contribution in [0.25, 0.3) is 0 Å². The summed E-state index contributed by atoms with van der Waals surface area (Å²) in [4.78, 5) is 26.0. The van der Waals surface area contributed by atoms with E-state index in [0.717, 1.165) is 0 Å². The number of carbonyl (C=O) groups excluding carboxylic acids is 1. The third kappa shape index (κ3) is 4.09. The average molecular weight is 267 g/mol. The van der Waals surface area contributed by atoms with Crippen molar-refractivity contribution >= 4 is 23.2 Å². The van der Waals surface area contributed by atoms with Crippen molar-refractivity contribution in [3.63, 3.8) is 0 Å².